The largest absolute Gasteiger partial charge is 0.477 e. The number of unbranched alkanes of at least 4 members (excludes halogenated alkanes) is 2. The van der Waals surface area contributed by atoms with Gasteiger partial charge in [-0.3, -0.25) is 4.79 Å². The summed E-state index contributed by atoms with van der Waals surface area (Å²) in [6.07, 6.45) is -3.58. The molecule has 1 heterocycles. The fraction of sp³-hybridized carbons (Fsp3) is 0.900. The number of carbonyl (C=O) groups is 2. The Balaban J connectivity index is 3.12. The van der Waals surface area contributed by atoms with Crippen LogP contribution in [0.5, 0.6) is 0 Å². The number of carboxylic acids is 1. The van der Waals surface area contributed by atoms with E-state index >= 15 is 0 Å². The molecule has 0 aromatic carbocycles. The number of ether oxygens (including phenoxy) is 1. The van der Waals surface area contributed by atoms with Gasteiger partial charge < -0.3 is 49.2 Å². The molecule has 0 aromatic rings. The molecule has 1 rings (SSSR count). The minimum absolute atomic E-state index is 0.277. The maximum absolute atomic E-state index is 11.5. The number of hydrogen-bond acceptors (Lipinski definition) is 11. The topological polar surface area (TPSA) is 184 Å². The summed E-state index contributed by atoms with van der Waals surface area (Å²) in [6.45, 7) is 1.74. The second-order valence-electron chi connectivity index (χ2n) is 8.21. The van der Waals surface area contributed by atoms with Gasteiger partial charge in [0.15, 0.2) is 0 Å². The molecule has 6 N–H and O–H groups in total. The van der Waals surface area contributed by atoms with Crippen molar-refractivity contribution in [2.45, 2.75) is 89.6 Å². The Kier molecular flexibility index (Phi) is 13.6. The van der Waals surface area contributed by atoms with E-state index in [-0.39, 0.29) is 19.6 Å². The van der Waals surface area contributed by atoms with E-state index < -0.39 is 67.9 Å². The molecule has 6 atom stereocenters. The van der Waals surface area contributed by atoms with Gasteiger partial charge in [-0.25, -0.2) is 4.79 Å². The van der Waals surface area contributed by atoms with Gasteiger partial charge in [-0.15, -0.1) is 0 Å². The van der Waals surface area contributed by atoms with Crippen LogP contribution in [0.3, 0.4) is 0 Å². The van der Waals surface area contributed by atoms with Gasteiger partial charge in [0.2, 0.25) is 5.91 Å². The predicted molar refractivity (Wildman–Crippen MR) is 124 cm³/mol. The van der Waals surface area contributed by atoms with Gasteiger partial charge in [0.25, 0.3) is 5.79 Å². The Hall–Kier alpha value is -0.730. The van der Waals surface area contributed by atoms with Crippen LogP contribution in [-0.4, -0.2) is 87.6 Å². The number of nitrogens with one attached hydrogen (secondary N) is 1. The zero-order chi connectivity index (χ0) is 25.9. The van der Waals surface area contributed by atoms with Gasteiger partial charge in [0, 0.05) is 19.8 Å². The van der Waals surface area contributed by atoms with Crippen LogP contribution < -0.4 is 5.32 Å². The molecule has 0 aromatic heterocycles. The van der Waals surface area contributed by atoms with Crippen molar-refractivity contribution in [3.8, 4) is 0 Å². The van der Waals surface area contributed by atoms with Crippen LogP contribution in [0.1, 0.15) is 59.3 Å². The fourth-order valence-electron chi connectivity index (χ4n) is 3.44. The lowest BCUT2D eigenvalue weighted by atomic mass is 9.83. The highest BCUT2D eigenvalue weighted by Gasteiger charge is 2.53. The first-order chi connectivity index (χ1) is 15.9. The molecule has 1 aliphatic rings. The van der Waals surface area contributed by atoms with Crippen molar-refractivity contribution in [2.75, 3.05) is 19.8 Å². The van der Waals surface area contributed by atoms with Crippen LogP contribution in [0.2, 0.25) is 0 Å². The number of aliphatic carboxylic acids is 1. The minimum Gasteiger partial charge on any atom is -0.477 e. The van der Waals surface area contributed by atoms with Crippen LogP contribution in [0.4, 0.5) is 0 Å². The number of carbonyl (C=O) groups excluding carboxylic acids is 1. The summed E-state index contributed by atoms with van der Waals surface area (Å²) < 4.78 is 22.6. The maximum atomic E-state index is 11.5. The molecular weight excluding hydrogens is 493 g/mol. The smallest absolute Gasteiger partial charge is 0.364 e. The predicted octanol–water partition coefficient (Wildman–Crippen LogP) is 0.606. The van der Waals surface area contributed by atoms with Gasteiger partial charge in [-0.2, -0.15) is 0 Å². The van der Waals surface area contributed by atoms with Gasteiger partial charge in [-0.1, -0.05) is 26.7 Å². The molecule has 14 heteroatoms. The van der Waals surface area contributed by atoms with Crippen LogP contribution in [-0.2, 0) is 39.7 Å². The van der Waals surface area contributed by atoms with Crippen LogP contribution in [0.25, 0.3) is 0 Å². The molecule has 1 amide bonds. The van der Waals surface area contributed by atoms with Crippen LogP contribution >= 0.6 is 6.72 Å². The highest BCUT2D eigenvalue weighted by atomic mass is 32.5. The maximum Gasteiger partial charge on any atom is 0.364 e. The molecule has 1 aliphatic heterocycles. The summed E-state index contributed by atoms with van der Waals surface area (Å²) >= 11 is 5.48. The van der Waals surface area contributed by atoms with E-state index in [0.29, 0.717) is 12.8 Å². The van der Waals surface area contributed by atoms with E-state index in [0.717, 1.165) is 19.8 Å². The van der Waals surface area contributed by atoms with Crippen molar-refractivity contribution in [2.24, 2.45) is 5.92 Å². The molecule has 0 bridgehead atoms. The van der Waals surface area contributed by atoms with Crippen LogP contribution in [0.15, 0.2) is 0 Å². The third-order valence-electron chi connectivity index (χ3n) is 5.23. The van der Waals surface area contributed by atoms with Crippen molar-refractivity contribution in [1.29, 1.82) is 0 Å². The van der Waals surface area contributed by atoms with E-state index in [1.807, 2.05) is 13.8 Å². The Morgan fingerprint density at radius 2 is 1.79 bits per heavy atom. The summed E-state index contributed by atoms with van der Waals surface area (Å²) in [6, 6.07) is 0. The highest BCUT2D eigenvalue weighted by molar-refractivity contribution is 8.07. The second kappa shape index (κ2) is 14.7. The SMILES string of the molecule is CCCCOP(=S)(OCCCC)O[C@H](CO)CC1OC(O)(C(=O)O)CC(O)C1[C@H](O)NC(C)=O. The summed E-state index contributed by atoms with van der Waals surface area (Å²) in [5.41, 5.74) is 0. The molecule has 1 saturated heterocycles. The Labute approximate surface area is 204 Å². The number of amides is 1. The third kappa shape index (κ3) is 9.73. The number of aliphatic hydroxyl groups excluding tert-OH is 3. The van der Waals surface area contributed by atoms with Gasteiger partial charge in [0.1, 0.15) is 6.23 Å². The lowest BCUT2D eigenvalue weighted by molar-refractivity contribution is -0.297. The third-order valence-corrected chi connectivity index (χ3v) is 7.67. The molecule has 1 fully saturated rings. The Morgan fingerprint density at radius 3 is 2.24 bits per heavy atom. The fourth-order valence-corrected chi connectivity index (χ4v) is 5.67. The minimum atomic E-state index is -3.31. The molecular formula is C20H38NO11PS. The molecule has 12 nitrogen and oxygen atoms in total. The first-order valence-electron chi connectivity index (χ1n) is 11.4. The Morgan fingerprint density at radius 1 is 1.24 bits per heavy atom. The standard InChI is InChI=1S/C20H38NO11PS/c1-4-6-8-29-33(34,30-9-7-5-2)32-14(12-22)10-16-17(18(25)21-13(3)23)15(24)11-20(28,31-16)19(26)27/h14-18,22,24-25,28H,4-12H2,1-3H3,(H,21,23)(H,26,27)/t14-,15?,16?,17?,18-,20?/m0/s1. The van der Waals surface area contributed by atoms with Gasteiger partial charge >= 0.3 is 12.7 Å². The normalized spacial score (nSPS) is 27.2. The van der Waals surface area contributed by atoms with Gasteiger partial charge in [0.05, 0.1) is 44.1 Å². The van der Waals surface area contributed by atoms with Crippen molar-refractivity contribution in [3.05, 3.63) is 0 Å². The van der Waals surface area contributed by atoms with Crippen molar-refractivity contribution in [3.63, 3.8) is 0 Å². The van der Waals surface area contributed by atoms with Gasteiger partial charge in [-0.05, 0) is 24.6 Å². The van der Waals surface area contributed by atoms with E-state index in [9.17, 15) is 35.1 Å². The zero-order valence-corrected chi connectivity index (χ0v) is 21.5. The first kappa shape index (κ1) is 31.3. The number of rotatable bonds is 16. The average molecular weight is 532 g/mol. The van der Waals surface area contributed by atoms with Crippen LogP contribution in [0, 0.1) is 5.92 Å². The average Bonchev–Trinajstić information content (AvgIpc) is 2.72. The molecule has 4 unspecified atom stereocenters. The van der Waals surface area contributed by atoms with Crippen molar-refractivity contribution in [1.82, 2.24) is 5.32 Å². The summed E-state index contributed by atoms with van der Waals surface area (Å²) in [7, 11) is 0. The van der Waals surface area contributed by atoms with E-state index in [4.69, 9.17) is 30.1 Å². The zero-order valence-electron chi connectivity index (χ0n) is 19.8. The van der Waals surface area contributed by atoms with E-state index in [1.54, 1.807) is 0 Å². The summed E-state index contributed by atoms with van der Waals surface area (Å²) in [4.78, 5) is 23.0. The monoisotopic (exact) mass is 531 g/mol. The van der Waals surface area contributed by atoms with Crippen molar-refractivity contribution >= 4 is 30.4 Å². The number of hydrogen-bond donors (Lipinski definition) is 6. The van der Waals surface area contributed by atoms with Crippen molar-refractivity contribution < 1.29 is 53.4 Å². The quantitative estimate of drug-likeness (QED) is 0.0928. The summed E-state index contributed by atoms with van der Waals surface area (Å²) in [5.74, 6) is -6.31. The molecule has 0 saturated carbocycles. The lowest BCUT2D eigenvalue weighted by Gasteiger charge is -2.44. The number of aliphatic hydroxyl groups is 4. The first-order valence-corrected chi connectivity index (χ1v) is 13.9. The Bertz CT molecular complexity index is 685. The summed E-state index contributed by atoms with van der Waals surface area (Å²) in [5, 5.41) is 52.9. The molecule has 34 heavy (non-hydrogen) atoms. The molecule has 0 radical (unpaired) electrons. The molecule has 0 aliphatic carbocycles. The highest BCUT2D eigenvalue weighted by Crippen LogP contribution is 2.52. The van der Waals surface area contributed by atoms with E-state index in [1.165, 1.54) is 0 Å². The lowest BCUT2D eigenvalue weighted by Crippen LogP contribution is -2.61. The molecule has 200 valence electrons. The molecule has 0 spiro atoms. The second-order valence-corrected chi connectivity index (χ2v) is 11.2. The van der Waals surface area contributed by atoms with E-state index in [2.05, 4.69) is 5.32 Å². The number of carboxylic acid groups (broad SMARTS) is 1.